The molecule has 8 nitrogen and oxygen atoms in total. The normalized spacial score (nSPS) is 14.7. The summed E-state index contributed by atoms with van der Waals surface area (Å²) in [4.78, 5) is 26.0. The molecule has 178 valence electrons. The van der Waals surface area contributed by atoms with Crippen molar-refractivity contribution in [1.29, 1.82) is 0 Å². The Kier molecular flexibility index (Phi) is 7.69. The second-order valence-corrected chi connectivity index (χ2v) is 10.1. The number of ether oxygens (including phenoxy) is 1. The maximum atomic E-state index is 13.2. The molecule has 3 aromatic heterocycles. The number of thioether (sulfide) groups is 1. The second kappa shape index (κ2) is 11.3. The molecule has 0 N–H and O–H groups in total. The Balaban J connectivity index is 1.23. The number of morpholine rings is 1. The SMILES string of the molecule is O=c1c2ccccc2nc(SCCCc2nc(-c3cccs3)no2)n1CCCN1CCOCC1. The van der Waals surface area contributed by atoms with E-state index < -0.39 is 0 Å². The summed E-state index contributed by atoms with van der Waals surface area (Å²) in [7, 11) is 0. The predicted molar refractivity (Wildman–Crippen MR) is 135 cm³/mol. The van der Waals surface area contributed by atoms with Crippen LogP contribution in [0.5, 0.6) is 0 Å². The average molecular weight is 498 g/mol. The molecule has 0 bridgehead atoms. The highest BCUT2D eigenvalue weighted by atomic mass is 32.2. The quantitative estimate of drug-likeness (QED) is 0.185. The van der Waals surface area contributed by atoms with Gasteiger partial charge in [0.25, 0.3) is 5.56 Å². The van der Waals surface area contributed by atoms with E-state index in [1.165, 1.54) is 0 Å². The van der Waals surface area contributed by atoms with E-state index in [-0.39, 0.29) is 5.56 Å². The lowest BCUT2D eigenvalue weighted by Gasteiger charge is -2.26. The van der Waals surface area contributed by atoms with Gasteiger partial charge in [-0.25, -0.2) is 4.98 Å². The lowest BCUT2D eigenvalue weighted by Crippen LogP contribution is -2.37. The molecule has 0 saturated carbocycles. The third-order valence-electron chi connectivity index (χ3n) is 5.76. The molecule has 0 amide bonds. The summed E-state index contributed by atoms with van der Waals surface area (Å²) >= 11 is 3.21. The summed E-state index contributed by atoms with van der Waals surface area (Å²) in [5, 5.41) is 7.52. The fourth-order valence-corrected chi connectivity index (χ4v) is 5.59. The zero-order chi connectivity index (χ0) is 23.2. The van der Waals surface area contributed by atoms with Crippen LogP contribution in [0.25, 0.3) is 21.6 Å². The fraction of sp³-hybridized carbons (Fsp3) is 0.417. The Bertz CT molecular complexity index is 1270. The van der Waals surface area contributed by atoms with E-state index in [2.05, 4.69) is 15.0 Å². The first-order valence-electron chi connectivity index (χ1n) is 11.6. The Morgan fingerprint density at radius 3 is 2.76 bits per heavy atom. The number of aryl methyl sites for hydroxylation is 1. The van der Waals surface area contributed by atoms with Crippen LogP contribution < -0.4 is 5.56 Å². The van der Waals surface area contributed by atoms with Crippen LogP contribution in [0.1, 0.15) is 18.7 Å². The molecule has 0 radical (unpaired) electrons. The van der Waals surface area contributed by atoms with Crippen molar-refractivity contribution in [2.75, 3.05) is 38.6 Å². The number of hydrogen-bond acceptors (Lipinski definition) is 9. The summed E-state index contributed by atoms with van der Waals surface area (Å²) in [6.45, 7) is 5.09. The highest BCUT2D eigenvalue weighted by molar-refractivity contribution is 7.99. The van der Waals surface area contributed by atoms with E-state index in [0.29, 0.717) is 30.1 Å². The summed E-state index contributed by atoms with van der Waals surface area (Å²) < 4.78 is 12.7. The first kappa shape index (κ1) is 23.2. The van der Waals surface area contributed by atoms with E-state index in [0.717, 1.165) is 67.0 Å². The molecule has 34 heavy (non-hydrogen) atoms. The van der Waals surface area contributed by atoms with Gasteiger partial charge in [0.15, 0.2) is 5.16 Å². The summed E-state index contributed by atoms with van der Waals surface area (Å²) in [5.41, 5.74) is 0.782. The van der Waals surface area contributed by atoms with Gasteiger partial charge in [0, 0.05) is 38.4 Å². The van der Waals surface area contributed by atoms with Gasteiger partial charge in [0.1, 0.15) is 0 Å². The molecule has 1 saturated heterocycles. The predicted octanol–water partition coefficient (Wildman–Crippen LogP) is 3.96. The van der Waals surface area contributed by atoms with Crippen LogP contribution in [-0.4, -0.2) is 63.2 Å². The largest absolute Gasteiger partial charge is 0.379 e. The number of nitrogens with zero attached hydrogens (tertiary/aromatic N) is 5. The average Bonchev–Trinajstić information content (AvgIpc) is 3.57. The molecule has 0 aliphatic carbocycles. The minimum absolute atomic E-state index is 0.0348. The molecular weight excluding hydrogens is 470 g/mol. The van der Waals surface area contributed by atoms with E-state index in [1.807, 2.05) is 46.3 Å². The zero-order valence-electron chi connectivity index (χ0n) is 18.9. The van der Waals surface area contributed by atoms with Gasteiger partial charge in [-0.15, -0.1) is 11.3 Å². The first-order chi connectivity index (χ1) is 16.8. The first-order valence-corrected chi connectivity index (χ1v) is 13.4. The van der Waals surface area contributed by atoms with Crippen LogP contribution in [0.3, 0.4) is 0 Å². The number of thiophene rings is 1. The number of rotatable bonds is 10. The molecule has 4 heterocycles. The van der Waals surface area contributed by atoms with Gasteiger partial charge in [-0.3, -0.25) is 14.3 Å². The minimum atomic E-state index is 0.0348. The molecule has 1 aromatic carbocycles. The topological polar surface area (TPSA) is 86.3 Å². The van der Waals surface area contributed by atoms with Crippen molar-refractivity contribution in [3.63, 3.8) is 0 Å². The van der Waals surface area contributed by atoms with E-state index >= 15 is 0 Å². The van der Waals surface area contributed by atoms with Crippen molar-refractivity contribution in [3.05, 3.63) is 58.0 Å². The molecule has 0 atom stereocenters. The van der Waals surface area contributed by atoms with E-state index in [1.54, 1.807) is 23.1 Å². The summed E-state index contributed by atoms with van der Waals surface area (Å²) in [5.74, 6) is 2.09. The van der Waals surface area contributed by atoms with Gasteiger partial charge in [-0.05, 0) is 36.4 Å². The molecule has 10 heteroatoms. The standard InChI is InChI=1S/C24H27N5O3S2/c30-23-18-6-1-2-7-19(18)25-24(29(23)11-5-10-28-12-14-31-15-13-28)34-17-4-9-21-26-22(27-32-21)20-8-3-16-33-20/h1-3,6-8,16H,4-5,9-15,17H2. The second-order valence-electron chi connectivity index (χ2n) is 8.12. The fourth-order valence-electron chi connectivity index (χ4n) is 3.98. The number of benzene rings is 1. The monoisotopic (exact) mass is 497 g/mol. The Morgan fingerprint density at radius 2 is 1.91 bits per heavy atom. The number of hydrogen-bond donors (Lipinski definition) is 0. The zero-order valence-corrected chi connectivity index (χ0v) is 20.5. The molecule has 1 aliphatic rings. The maximum absolute atomic E-state index is 13.2. The lowest BCUT2D eigenvalue weighted by molar-refractivity contribution is 0.0368. The van der Waals surface area contributed by atoms with Crippen molar-refractivity contribution < 1.29 is 9.26 Å². The molecular formula is C24H27N5O3S2. The third-order valence-corrected chi connectivity index (χ3v) is 7.69. The summed E-state index contributed by atoms with van der Waals surface area (Å²) in [6, 6.07) is 11.5. The lowest BCUT2D eigenvalue weighted by atomic mass is 10.2. The molecule has 0 spiro atoms. The smallest absolute Gasteiger partial charge is 0.262 e. The molecule has 0 unspecified atom stereocenters. The van der Waals surface area contributed by atoms with Crippen LogP contribution in [-0.2, 0) is 17.7 Å². The van der Waals surface area contributed by atoms with Crippen molar-refractivity contribution in [3.8, 4) is 10.7 Å². The van der Waals surface area contributed by atoms with E-state index in [4.69, 9.17) is 14.2 Å². The van der Waals surface area contributed by atoms with Crippen molar-refractivity contribution in [2.45, 2.75) is 31.0 Å². The van der Waals surface area contributed by atoms with Crippen molar-refractivity contribution in [1.82, 2.24) is 24.6 Å². The maximum Gasteiger partial charge on any atom is 0.262 e. The van der Waals surface area contributed by atoms with E-state index in [9.17, 15) is 4.79 Å². The Morgan fingerprint density at radius 1 is 1.03 bits per heavy atom. The summed E-state index contributed by atoms with van der Waals surface area (Å²) in [6.07, 6.45) is 2.45. The van der Waals surface area contributed by atoms with Crippen LogP contribution in [0.15, 0.2) is 56.3 Å². The molecule has 1 fully saturated rings. The van der Waals surface area contributed by atoms with Gasteiger partial charge in [0.05, 0.1) is 29.0 Å². The van der Waals surface area contributed by atoms with Crippen molar-refractivity contribution in [2.24, 2.45) is 0 Å². The highest BCUT2D eigenvalue weighted by Crippen LogP contribution is 2.23. The number of para-hydroxylation sites is 1. The third kappa shape index (κ3) is 5.57. The van der Waals surface area contributed by atoms with Gasteiger partial charge < -0.3 is 9.26 Å². The Labute approximate surface area is 206 Å². The van der Waals surface area contributed by atoms with Gasteiger partial charge in [0.2, 0.25) is 11.7 Å². The molecule has 5 rings (SSSR count). The van der Waals surface area contributed by atoms with Crippen LogP contribution >= 0.6 is 23.1 Å². The van der Waals surface area contributed by atoms with Crippen LogP contribution in [0, 0.1) is 0 Å². The number of aromatic nitrogens is 4. The Hall–Kier alpha value is -2.53. The van der Waals surface area contributed by atoms with Crippen LogP contribution in [0.4, 0.5) is 0 Å². The highest BCUT2D eigenvalue weighted by Gasteiger charge is 2.14. The van der Waals surface area contributed by atoms with Gasteiger partial charge >= 0.3 is 0 Å². The molecule has 4 aromatic rings. The van der Waals surface area contributed by atoms with Crippen molar-refractivity contribution >= 4 is 34.0 Å². The number of fused-ring (bicyclic) bond motifs is 1. The van der Waals surface area contributed by atoms with Gasteiger partial charge in [-0.1, -0.05) is 35.1 Å². The minimum Gasteiger partial charge on any atom is -0.379 e. The van der Waals surface area contributed by atoms with Gasteiger partial charge in [-0.2, -0.15) is 4.98 Å². The van der Waals surface area contributed by atoms with Crippen LogP contribution in [0.2, 0.25) is 0 Å². The molecule has 1 aliphatic heterocycles.